The van der Waals surface area contributed by atoms with Crippen LogP contribution in [0.4, 0.5) is 0 Å². The van der Waals surface area contributed by atoms with Crippen molar-refractivity contribution in [2.45, 2.75) is 12.6 Å². The first-order valence-electron chi connectivity index (χ1n) is 6.55. The molecule has 0 aliphatic rings. The molecule has 0 heterocycles. The molecule has 112 valence electrons. The number of hydrogen-bond donors (Lipinski definition) is 2. The van der Waals surface area contributed by atoms with E-state index in [1.54, 1.807) is 19.2 Å². The molecule has 0 aliphatic carbocycles. The molecule has 3 N–H and O–H groups in total. The predicted molar refractivity (Wildman–Crippen MR) is 82.8 cm³/mol. The molecule has 0 aliphatic heterocycles. The molecular weight excluding hydrogens is 290 g/mol. The molecule has 0 saturated carbocycles. The molecule has 21 heavy (non-hydrogen) atoms. The van der Waals surface area contributed by atoms with Crippen molar-refractivity contribution in [3.8, 4) is 11.5 Å². The summed E-state index contributed by atoms with van der Waals surface area (Å²) in [6, 6.07) is 12.4. The Morgan fingerprint density at radius 2 is 1.86 bits per heavy atom. The molecule has 2 aromatic rings. The van der Waals surface area contributed by atoms with Crippen LogP contribution in [0.25, 0.3) is 0 Å². The van der Waals surface area contributed by atoms with E-state index in [0.717, 1.165) is 11.1 Å². The minimum Gasteiger partial charge on any atom is -0.493 e. The molecule has 2 aromatic carbocycles. The van der Waals surface area contributed by atoms with Gasteiger partial charge in [0.2, 0.25) is 0 Å². The minimum absolute atomic E-state index is 0.117. The number of methoxy groups -OCH3 is 1. The number of rotatable bonds is 6. The summed E-state index contributed by atoms with van der Waals surface area (Å²) in [6.45, 7) is 0.299. The fraction of sp³-hybridized carbons (Fsp3) is 0.250. The van der Waals surface area contributed by atoms with Crippen LogP contribution < -0.4 is 15.2 Å². The SMILES string of the molecule is COc1cc([C@@H](N)CO)ccc1OCc1ccc(Cl)cc1. The van der Waals surface area contributed by atoms with Crippen LogP contribution in [0.15, 0.2) is 42.5 Å². The number of benzene rings is 2. The minimum atomic E-state index is -0.427. The quantitative estimate of drug-likeness (QED) is 0.861. The van der Waals surface area contributed by atoms with Crippen LogP contribution in [0, 0.1) is 0 Å². The fourth-order valence-corrected chi connectivity index (χ4v) is 2.01. The molecule has 0 fully saturated rings. The topological polar surface area (TPSA) is 64.7 Å². The standard InChI is InChI=1S/C16H18ClNO3/c1-20-16-8-12(14(18)9-19)4-7-15(16)21-10-11-2-5-13(17)6-3-11/h2-8,14,19H,9-10,18H2,1H3/t14-/m0/s1. The number of ether oxygens (including phenoxy) is 2. The van der Waals surface area contributed by atoms with Gasteiger partial charge in [0.25, 0.3) is 0 Å². The molecule has 0 unspecified atom stereocenters. The van der Waals surface area contributed by atoms with Gasteiger partial charge >= 0.3 is 0 Å². The maximum Gasteiger partial charge on any atom is 0.161 e. The number of hydrogen-bond acceptors (Lipinski definition) is 4. The highest BCUT2D eigenvalue weighted by molar-refractivity contribution is 6.30. The third-order valence-corrected chi connectivity index (χ3v) is 3.37. The molecule has 0 bridgehead atoms. The summed E-state index contributed by atoms with van der Waals surface area (Å²) in [5.74, 6) is 1.21. The van der Waals surface area contributed by atoms with Gasteiger partial charge in [-0.15, -0.1) is 0 Å². The zero-order chi connectivity index (χ0) is 15.2. The van der Waals surface area contributed by atoms with Gasteiger partial charge in [-0.1, -0.05) is 29.8 Å². The van der Waals surface area contributed by atoms with Gasteiger partial charge in [-0.3, -0.25) is 0 Å². The molecule has 2 rings (SSSR count). The van der Waals surface area contributed by atoms with Gasteiger partial charge in [0.1, 0.15) is 6.61 Å². The van der Waals surface area contributed by atoms with Crippen molar-refractivity contribution in [2.75, 3.05) is 13.7 Å². The van der Waals surface area contributed by atoms with Gasteiger partial charge in [-0.05, 0) is 35.4 Å². The van der Waals surface area contributed by atoms with Crippen LogP contribution in [0.5, 0.6) is 11.5 Å². The van der Waals surface area contributed by atoms with E-state index >= 15 is 0 Å². The molecule has 5 heteroatoms. The Morgan fingerprint density at radius 1 is 1.14 bits per heavy atom. The predicted octanol–water partition coefficient (Wildman–Crippen LogP) is 2.92. The van der Waals surface area contributed by atoms with Crippen molar-refractivity contribution in [3.63, 3.8) is 0 Å². The Balaban J connectivity index is 2.10. The van der Waals surface area contributed by atoms with Crippen LogP contribution in [0.2, 0.25) is 5.02 Å². The summed E-state index contributed by atoms with van der Waals surface area (Å²) in [5.41, 5.74) is 7.60. The number of aliphatic hydroxyl groups is 1. The first-order chi connectivity index (χ1) is 10.1. The van der Waals surface area contributed by atoms with Gasteiger partial charge in [-0.25, -0.2) is 0 Å². The highest BCUT2D eigenvalue weighted by atomic mass is 35.5. The average Bonchev–Trinajstić information content (AvgIpc) is 2.53. The zero-order valence-corrected chi connectivity index (χ0v) is 12.5. The summed E-state index contributed by atoms with van der Waals surface area (Å²) in [5, 5.41) is 9.78. The van der Waals surface area contributed by atoms with E-state index in [2.05, 4.69) is 0 Å². The largest absolute Gasteiger partial charge is 0.493 e. The Morgan fingerprint density at radius 3 is 2.48 bits per heavy atom. The summed E-state index contributed by atoms with van der Waals surface area (Å²) in [7, 11) is 1.57. The molecular formula is C16H18ClNO3. The first-order valence-corrected chi connectivity index (χ1v) is 6.93. The van der Waals surface area contributed by atoms with E-state index in [-0.39, 0.29) is 6.61 Å². The second kappa shape index (κ2) is 7.31. The third-order valence-electron chi connectivity index (χ3n) is 3.12. The van der Waals surface area contributed by atoms with Crippen molar-refractivity contribution < 1.29 is 14.6 Å². The van der Waals surface area contributed by atoms with E-state index in [9.17, 15) is 0 Å². The van der Waals surface area contributed by atoms with E-state index < -0.39 is 6.04 Å². The monoisotopic (exact) mass is 307 g/mol. The lowest BCUT2D eigenvalue weighted by molar-refractivity contribution is 0.266. The van der Waals surface area contributed by atoms with E-state index in [1.165, 1.54) is 0 Å². The summed E-state index contributed by atoms with van der Waals surface area (Å²) in [6.07, 6.45) is 0. The van der Waals surface area contributed by atoms with E-state index in [0.29, 0.717) is 23.1 Å². The summed E-state index contributed by atoms with van der Waals surface area (Å²) in [4.78, 5) is 0. The molecule has 0 spiro atoms. The second-order valence-electron chi connectivity index (χ2n) is 4.61. The van der Waals surface area contributed by atoms with Crippen molar-refractivity contribution in [1.82, 2.24) is 0 Å². The zero-order valence-electron chi connectivity index (χ0n) is 11.8. The third kappa shape index (κ3) is 4.11. The highest BCUT2D eigenvalue weighted by Crippen LogP contribution is 2.30. The first kappa shape index (κ1) is 15.6. The Hall–Kier alpha value is -1.75. The van der Waals surface area contributed by atoms with Gasteiger partial charge in [0, 0.05) is 5.02 Å². The molecule has 0 aromatic heterocycles. The highest BCUT2D eigenvalue weighted by Gasteiger charge is 2.10. The van der Waals surface area contributed by atoms with Gasteiger partial charge in [0.15, 0.2) is 11.5 Å². The summed E-state index contributed by atoms with van der Waals surface area (Å²) >= 11 is 5.84. The Labute approximate surface area is 129 Å². The van der Waals surface area contributed by atoms with Gasteiger partial charge < -0.3 is 20.3 Å². The van der Waals surface area contributed by atoms with Crippen LogP contribution in [0.3, 0.4) is 0 Å². The second-order valence-corrected chi connectivity index (χ2v) is 5.05. The molecule has 0 saturated heterocycles. The van der Waals surface area contributed by atoms with Crippen LogP contribution >= 0.6 is 11.6 Å². The van der Waals surface area contributed by atoms with Crippen molar-refractivity contribution >= 4 is 11.6 Å². The molecule has 4 nitrogen and oxygen atoms in total. The molecule has 1 atom stereocenters. The fourth-order valence-electron chi connectivity index (χ4n) is 1.88. The van der Waals surface area contributed by atoms with Crippen LogP contribution in [-0.4, -0.2) is 18.8 Å². The maximum absolute atomic E-state index is 9.09. The summed E-state index contributed by atoms with van der Waals surface area (Å²) < 4.78 is 11.1. The smallest absolute Gasteiger partial charge is 0.161 e. The number of nitrogens with two attached hydrogens (primary N) is 1. The maximum atomic E-state index is 9.09. The van der Waals surface area contributed by atoms with Crippen molar-refractivity contribution in [1.29, 1.82) is 0 Å². The lowest BCUT2D eigenvalue weighted by atomic mass is 10.1. The lowest BCUT2D eigenvalue weighted by Crippen LogP contribution is -2.14. The normalized spacial score (nSPS) is 12.0. The van der Waals surface area contributed by atoms with Gasteiger partial charge in [-0.2, -0.15) is 0 Å². The van der Waals surface area contributed by atoms with Gasteiger partial charge in [0.05, 0.1) is 19.8 Å². The van der Waals surface area contributed by atoms with E-state index in [4.69, 9.17) is 31.9 Å². The number of halogens is 1. The van der Waals surface area contributed by atoms with Crippen LogP contribution in [0.1, 0.15) is 17.2 Å². The Kier molecular flexibility index (Phi) is 5.44. The van der Waals surface area contributed by atoms with Crippen molar-refractivity contribution in [2.24, 2.45) is 5.73 Å². The lowest BCUT2D eigenvalue weighted by Gasteiger charge is -2.14. The average molecular weight is 308 g/mol. The number of aliphatic hydroxyl groups excluding tert-OH is 1. The Bertz CT molecular complexity index is 587. The molecule has 0 amide bonds. The van der Waals surface area contributed by atoms with Crippen LogP contribution in [-0.2, 0) is 6.61 Å². The van der Waals surface area contributed by atoms with Crippen molar-refractivity contribution in [3.05, 3.63) is 58.6 Å². The molecule has 0 radical (unpaired) electrons. The van der Waals surface area contributed by atoms with E-state index in [1.807, 2.05) is 30.3 Å².